The van der Waals surface area contributed by atoms with E-state index in [0.29, 0.717) is 0 Å². The van der Waals surface area contributed by atoms with Gasteiger partial charge in [-0.2, -0.15) is 5.10 Å². The molecule has 0 aliphatic carbocycles. The lowest BCUT2D eigenvalue weighted by molar-refractivity contribution is 0.667. The van der Waals surface area contributed by atoms with Crippen LogP contribution in [0.4, 0.5) is 0 Å². The van der Waals surface area contributed by atoms with Crippen LogP contribution in [0.15, 0.2) is 36.5 Å². The van der Waals surface area contributed by atoms with Crippen molar-refractivity contribution in [1.82, 2.24) is 9.78 Å². The number of nitrogens with zero attached hydrogens (tertiary/aromatic N) is 2. The zero-order valence-corrected chi connectivity index (χ0v) is 10.4. The largest absolute Gasteiger partial charge is 0.324 e. The molecule has 1 heterocycles. The molecule has 0 spiro atoms. The number of benzene rings is 1. The number of aryl methyl sites for hydroxylation is 1. The van der Waals surface area contributed by atoms with Crippen LogP contribution in [0.3, 0.4) is 0 Å². The Bertz CT molecular complexity index is 470. The molecular formula is C14H19N3. The van der Waals surface area contributed by atoms with Crippen LogP contribution in [0.2, 0.25) is 0 Å². The Labute approximate surface area is 102 Å². The van der Waals surface area contributed by atoms with Gasteiger partial charge in [-0.25, -0.2) is 0 Å². The van der Waals surface area contributed by atoms with Crippen LogP contribution < -0.4 is 5.73 Å². The fraction of sp³-hybridized carbons (Fsp3) is 0.357. The summed E-state index contributed by atoms with van der Waals surface area (Å²) >= 11 is 0. The number of nitrogens with two attached hydrogens (primary N) is 1. The van der Waals surface area contributed by atoms with Gasteiger partial charge in [0.05, 0.1) is 5.69 Å². The minimum Gasteiger partial charge on any atom is -0.324 e. The number of hydrogen-bond donors (Lipinski definition) is 1. The van der Waals surface area contributed by atoms with E-state index in [2.05, 4.69) is 43.2 Å². The fourth-order valence-corrected chi connectivity index (χ4v) is 1.97. The van der Waals surface area contributed by atoms with Crippen molar-refractivity contribution < 1.29 is 0 Å². The number of hydrogen-bond acceptors (Lipinski definition) is 2. The summed E-state index contributed by atoms with van der Waals surface area (Å²) in [5, 5.41) is 4.28. The molecule has 0 saturated carbocycles. The van der Waals surface area contributed by atoms with Crippen molar-refractivity contribution >= 4 is 0 Å². The van der Waals surface area contributed by atoms with E-state index in [1.165, 1.54) is 11.1 Å². The molecule has 1 aromatic heterocycles. The highest BCUT2D eigenvalue weighted by Gasteiger charge is 2.06. The summed E-state index contributed by atoms with van der Waals surface area (Å²) < 4.78 is 1.99. The minimum absolute atomic E-state index is 0.139. The van der Waals surface area contributed by atoms with Gasteiger partial charge in [-0.3, -0.25) is 4.68 Å². The second-order valence-electron chi connectivity index (χ2n) is 4.17. The van der Waals surface area contributed by atoms with Crippen LogP contribution in [0.25, 0.3) is 11.3 Å². The summed E-state index contributed by atoms with van der Waals surface area (Å²) in [6, 6.07) is 10.6. The molecule has 90 valence electrons. The highest BCUT2D eigenvalue weighted by molar-refractivity contribution is 5.59. The molecule has 3 heteroatoms. The van der Waals surface area contributed by atoms with Gasteiger partial charge in [0, 0.05) is 18.8 Å². The average molecular weight is 229 g/mol. The lowest BCUT2D eigenvalue weighted by atomic mass is 10.0. The van der Waals surface area contributed by atoms with Gasteiger partial charge in [-0.05, 0) is 30.5 Å². The van der Waals surface area contributed by atoms with Gasteiger partial charge in [-0.1, -0.05) is 31.2 Å². The maximum Gasteiger partial charge on any atom is 0.0682 e. The standard InChI is InChI=1S/C14H19N3/c1-3-13(15)11-5-7-12(8-6-11)14-9-10-16-17(14)4-2/h5-10,13H,3-4,15H2,1-2H3. The highest BCUT2D eigenvalue weighted by atomic mass is 15.3. The number of rotatable bonds is 4. The molecule has 1 aromatic carbocycles. The number of aromatic nitrogens is 2. The van der Waals surface area contributed by atoms with Gasteiger partial charge < -0.3 is 5.73 Å². The zero-order chi connectivity index (χ0) is 12.3. The maximum atomic E-state index is 6.00. The first-order valence-electron chi connectivity index (χ1n) is 6.14. The van der Waals surface area contributed by atoms with Gasteiger partial charge >= 0.3 is 0 Å². The van der Waals surface area contributed by atoms with Crippen molar-refractivity contribution in [3.8, 4) is 11.3 Å². The predicted octanol–water partition coefficient (Wildman–Crippen LogP) is 2.98. The molecular weight excluding hydrogens is 210 g/mol. The van der Waals surface area contributed by atoms with Crippen LogP contribution in [0.1, 0.15) is 31.9 Å². The summed E-state index contributed by atoms with van der Waals surface area (Å²) in [5.41, 5.74) is 9.54. The van der Waals surface area contributed by atoms with Gasteiger partial charge in [0.1, 0.15) is 0 Å². The van der Waals surface area contributed by atoms with E-state index < -0.39 is 0 Å². The quantitative estimate of drug-likeness (QED) is 0.876. The molecule has 0 amide bonds. The van der Waals surface area contributed by atoms with Gasteiger partial charge in [-0.15, -0.1) is 0 Å². The Morgan fingerprint density at radius 1 is 1.18 bits per heavy atom. The topological polar surface area (TPSA) is 43.8 Å². The normalized spacial score (nSPS) is 12.6. The molecule has 3 nitrogen and oxygen atoms in total. The lowest BCUT2D eigenvalue weighted by Gasteiger charge is -2.10. The van der Waals surface area contributed by atoms with Crippen molar-refractivity contribution in [2.24, 2.45) is 5.73 Å². The van der Waals surface area contributed by atoms with Gasteiger partial charge in [0.25, 0.3) is 0 Å². The SMILES string of the molecule is CCC(N)c1ccc(-c2ccnn2CC)cc1. The van der Waals surface area contributed by atoms with Crippen LogP contribution in [0, 0.1) is 0 Å². The minimum atomic E-state index is 0.139. The molecule has 0 fully saturated rings. The molecule has 0 saturated heterocycles. The van der Waals surface area contributed by atoms with E-state index in [-0.39, 0.29) is 6.04 Å². The molecule has 0 aliphatic heterocycles. The van der Waals surface area contributed by atoms with E-state index in [0.717, 1.165) is 18.7 Å². The Morgan fingerprint density at radius 2 is 1.88 bits per heavy atom. The van der Waals surface area contributed by atoms with Crippen molar-refractivity contribution in [1.29, 1.82) is 0 Å². The van der Waals surface area contributed by atoms with E-state index >= 15 is 0 Å². The fourth-order valence-electron chi connectivity index (χ4n) is 1.97. The molecule has 17 heavy (non-hydrogen) atoms. The van der Waals surface area contributed by atoms with E-state index in [4.69, 9.17) is 5.73 Å². The molecule has 0 aliphatic rings. The highest BCUT2D eigenvalue weighted by Crippen LogP contribution is 2.22. The summed E-state index contributed by atoms with van der Waals surface area (Å²) in [7, 11) is 0. The second kappa shape index (κ2) is 5.15. The van der Waals surface area contributed by atoms with E-state index in [1.807, 2.05) is 16.9 Å². The molecule has 1 atom stereocenters. The van der Waals surface area contributed by atoms with Gasteiger partial charge in [0.15, 0.2) is 0 Å². The maximum absolute atomic E-state index is 6.00. The zero-order valence-electron chi connectivity index (χ0n) is 10.4. The first-order chi connectivity index (χ1) is 8.26. The van der Waals surface area contributed by atoms with Crippen molar-refractivity contribution in [3.05, 3.63) is 42.1 Å². The van der Waals surface area contributed by atoms with E-state index in [1.54, 1.807) is 0 Å². The summed E-state index contributed by atoms with van der Waals surface area (Å²) in [6.45, 7) is 5.08. The molecule has 1 unspecified atom stereocenters. The summed E-state index contributed by atoms with van der Waals surface area (Å²) in [6.07, 6.45) is 2.80. The molecule has 0 radical (unpaired) electrons. The first kappa shape index (κ1) is 11.9. The third kappa shape index (κ3) is 2.39. The molecule has 0 bridgehead atoms. The predicted molar refractivity (Wildman–Crippen MR) is 70.6 cm³/mol. The lowest BCUT2D eigenvalue weighted by Crippen LogP contribution is -2.08. The van der Waals surface area contributed by atoms with Crippen molar-refractivity contribution in [3.63, 3.8) is 0 Å². The van der Waals surface area contributed by atoms with Crippen molar-refractivity contribution in [2.75, 3.05) is 0 Å². The Kier molecular flexibility index (Phi) is 3.59. The summed E-state index contributed by atoms with van der Waals surface area (Å²) in [5.74, 6) is 0. The smallest absolute Gasteiger partial charge is 0.0682 e. The molecule has 2 aromatic rings. The van der Waals surface area contributed by atoms with Crippen LogP contribution in [-0.2, 0) is 6.54 Å². The average Bonchev–Trinajstić information content (AvgIpc) is 2.86. The van der Waals surface area contributed by atoms with E-state index in [9.17, 15) is 0 Å². The first-order valence-corrected chi connectivity index (χ1v) is 6.14. The van der Waals surface area contributed by atoms with Crippen LogP contribution >= 0.6 is 0 Å². The Balaban J connectivity index is 2.29. The van der Waals surface area contributed by atoms with Crippen LogP contribution in [-0.4, -0.2) is 9.78 Å². The monoisotopic (exact) mass is 229 g/mol. The van der Waals surface area contributed by atoms with Gasteiger partial charge in [0.2, 0.25) is 0 Å². The third-order valence-corrected chi connectivity index (χ3v) is 3.09. The molecule has 2 N–H and O–H groups in total. The second-order valence-corrected chi connectivity index (χ2v) is 4.17. The Morgan fingerprint density at radius 3 is 2.47 bits per heavy atom. The van der Waals surface area contributed by atoms with Crippen molar-refractivity contribution in [2.45, 2.75) is 32.9 Å². The Hall–Kier alpha value is -1.61. The molecule has 2 rings (SSSR count). The van der Waals surface area contributed by atoms with Crippen LogP contribution in [0.5, 0.6) is 0 Å². The summed E-state index contributed by atoms with van der Waals surface area (Å²) in [4.78, 5) is 0. The third-order valence-electron chi connectivity index (χ3n) is 3.09.